The summed E-state index contributed by atoms with van der Waals surface area (Å²) in [6.45, 7) is -0.280. The molecule has 4 atom stereocenters. The lowest BCUT2D eigenvalue weighted by Gasteiger charge is -2.30. The number of ketones is 1. The van der Waals surface area contributed by atoms with Crippen LogP contribution in [0.25, 0.3) is 0 Å². The summed E-state index contributed by atoms with van der Waals surface area (Å²) in [5.74, 6) is -4.85. The number of carbonyl (C=O) groups excluding carboxylic acids is 5. The van der Waals surface area contributed by atoms with Gasteiger partial charge in [0, 0.05) is 43.1 Å². The van der Waals surface area contributed by atoms with Gasteiger partial charge in [0.15, 0.2) is 0 Å². The van der Waals surface area contributed by atoms with Gasteiger partial charge >= 0.3 is 18.0 Å². The lowest BCUT2D eigenvalue weighted by molar-refractivity contribution is -0.169. The topological polar surface area (TPSA) is 190 Å². The van der Waals surface area contributed by atoms with Gasteiger partial charge in [-0.25, -0.2) is 9.80 Å². The minimum absolute atomic E-state index is 0.00723. The van der Waals surface area contributed by atoms with Crippen molar-refractivity contribution in [3.8, 4) is 0 Å². The highest BCUT2D eigenvalue weighted by atomic mass is 32.2. The molecule has 5 amide bonds. The Hall–Kier alpha value is -3.16. The maximum absolute atomic E-state index is 12.9. The number of carboxylic acids is 2. The number of thioether (sulfide) groups is 1. The van der Waals surface area contributed by atoms with E-state index in [9.17, 15) is 38.7 Å². The molecule has 4 N–H and O–H groups in total. The predicted octanol–water partition coefficient (Wildman–Crippen LogP) is 1.30. The van der Waals surface area contributed by atoms with Crippen molar-refractivity contribution in [1.29, 1.82) is 0 Å². The number of rotatable bonds is 17. The van der Waals surface area contributed by atoms with Gasteiger partial charge in [-0.3, -0.25) is 28.8 Å². The van der Waals surface area contributed by atoms with E-state index < -0.39 is 41.4 Å². The van der Waals surface area contributed by atoms with E-state index in [1.165, 1.54) is 0 Å². The molecule has 0 aromatic heterocycles. The number of urea groups is 1. The van der Waals surface area contributed by atoms with Gasteiger partial charge in [-0.2, -0.15) is 16.8 Å². The molecule has 0 aliphatic carbocycles. The third-order valence-electron chi connectivity index (χ3n) is 7.26. The minimum Gasteiger partial charge on any atom is -0.481 e. The first-order valence-corrected chi connectivity index (χ1v) is 14.5. The van der Waals surface area contributed by atoms with Crippen molar-refractivity contribution in [1.82, 2.24) is 20.7 Å². The first-order valence-electron chi connectivity index (χ1n) is 13.4. The number of carboxylic acid groups (broad SMARTS) is 2. The molecule has 0 bridgehead atoms. The zero-order valence-electron chi connectivity index (χ0n) is 21.8. The standard InChI is InChI=1S/C25H36N4O9S/c30-17(15(24(36)37)6-5-7-18-23-16(14-39-18)26-25(38)27-23)12-13-28(29-20(32)10-11-21(29)33)19(31)8-3-1-2-4-9-22(34)35/h15-16,18,23H,1-14H2,(H,34,35)(H,36,37)(H2,26,27,38)/t15?,16-,18-,23-/m0/s1. The van der Waals surface area contributed by atoms with Gasteiger partial charge in [-0.05, 0) is 25.7 Å². The highest BCUT2D eigenvalue weighted by molar-refractivity contribution is 8.00. The van der Waals surface area contributed by atoms with Gasteiger partial charge in [-0.1, -0.05) is 19.3 Å². The zero-order chi connectivity index (χ0) is 28.5. The van der Waals surface area contributed by atoms with Crippen LogP contribution in [0.5, 0.6) is 0 Å². The smallest absolute Gasteiger partial charge is 0.315 e. The molecule has 3 fully saturated rings. The van der Waals surface area contributed by atoms with Gasteiger partial charge in [0.2, 0.25) is 17.7 Å². The summed E-state index contributed by atoms with van der Waals surface area (Å²) < 4.78 is 0. The summed E-state index contributed by atoms with van der Waals surface area (Å²) in [4.78, 5) is 84.5. The number of unbranched alkanes of at least 4 members (excludes halogenated alkanes) is 3. The van der Waals surface area contributed by atoms with Crippen LogP contribution in [0.15, 0.2) is 0 Å². The van der Waals surface area contributed by atoms with Crippen molar-refractivity contribution in [3.63, 3.8) is 0 Å². The lowest BCUT2D eigenvalue weighted by Crippen LogP contribution is -2.50. The molecule has 3 rings (SSSR count). The molecule has 0 saturated carbocycles. The summed E-state index contributed by atoms with van der Waals surface area (Å²) in [7, 11) is 0. The van der Waals surface area contributed by atoms with Crippen LogP contribution >= 0.6 is 11.8 Å². The number of amides is 5. The van der Waals surface area contributed by atoms with Crippen molar-refractivity contribution in [2.24, 2.45) is 5.92 Å². The molecule has 14 heteroatoms. The second-order valence-corrected chi connectivity index (χ2v) is 11.4. The summed E-state index contributed by atoms with van der Waals surface area (Å²) in [5.41, 5.74) is 0. The number of hydrazine groups is 1. The van der Waals surface area contributed by atoms with Crippen LogP contribution in [0.4, 0.5) is 4.79 Å². The number of aliphatic carboxylic acids is 2. The molecule has 3 aliphatic heterocycles. The number of imide groups is 1. The summed E-state index contributed by atoms with van der Waals surface area (Å²) >= 11 is 1.70. The van der Waals surface area contributed by atoms with E-state index in [2.05, 4.69) is 10.6 Å². The molecule has 0 spiro atoms. The fraction of sp³-hybridized carbons (Fsp3) is 0.720. The Labute approximate surface area is 230 Å². The van der Waals surface area contributed by atoms with E-state index in [0.717, 1.165) is 15.8 Å². The molecule has 13 nitrogen and oxygen atoms in total. The van der Waals surface area contributed by atoms with Crippen LogP contribution in [0.3, 0.4) is 0 Å². The molecule has 39 heavy (non-hydrogen) atoms. The zero-order valence-corrected chi connectivity index (χ0v) is 22.6. The molecule has 216 valence electrons. The van der Waals surface area contributed by atoms with E-state index in [0.29, 0.717) is 38.5 Å². The second kappa shape index (κ2) is 14.3. The van der Waals surface area contributed by atoms with Crippen LogP contribution < -0.4 is 10.6 Å². The Morgan fingerprint density at radius 1 is 0.923 bits per heavy atom. The molecule has 0 aromatic carbocycles. The number of fused-ring (bicyclic) bond motifs is 1. The maximum Gasteiger partial charge on any atom is 0.315 e. The highest BCUT2D eigenvalue weighted by Gasteiger charge is 2.43. The quantitative estimate of drug-likeness (QED) is 0.0861. The van der Waals surface area contributed by atoms with Crippen molar-refractivity contribution >= 4 is 53.2 Å². The van der Waals surface area contributed by atoms with Gasteiger partial charge in [0.25, 0.3) is 0 Å². The number of nitrogens with zero attached hydrogens (tertiary/aromatic N) is 2. The third-order valence-corrected chi connectivity index (χ3v) is 8.77. The van der Waals surface area contributed by atoms with Gasteiger partial charge in [-0.15, -0.1) is 0 Å². The van der Waals surface area contributed by atoms with Crippen molar-refractivity contribution in [2.75, 3.05) is 12.3 Å². The molecule has 1 unspecified atom stereocenters. The summed E-state index contributed by atoms with van der Waals surface area (Å²) in [5, 5.41) is 26.0. The van der Waals surface area contributed by atoms with Crippen molar-refractivity contribution in [3.05, 3.63) is 0 Å². The first-order chi connectivity index (χ1) is 18.6. The monoisotopic (exact) mass is 568 g/mol. The average molecular weight is 569 g/mol. The summed E-state index contributed by atoms with van der Waals surface area (Å²) in [6.07, 6.45) is 2.97. The Bertz CT molecular complexity index is 975. The Balaban J connectivity index is 1.51. The Morgan fingerprint density at radius 2 is 1.59 bits per heavy atom. The number of nitrogens with one attached hydrogen (secondary N) is 2. The Kier molecular flexibility index (Phi) is 11.1. The minimum atomic E-state index is -1.28. The van der Waals surface area contributed by atoms with Gasteiger partial charge in [0.05, 0.1) is 18.6 Å². The highest BCUT2D eigenvalue weighted by Crippen LogP contribution is 2.33. The molecule has 3 heterocycles. The molecular weight excluding hydrogens is 532 g/mol. The van der Waals surface area contributed by atoms with Crippen LogP contribution in [-0.4, -0.2) is 91.3 Å². The molecular formula is C25H36N4O9S. The number of carbonyl (C=O) groups is 7. The molecule has 3 saturated heterocycles. The van der Waals surface area contributed by atoms with E-state index in [1.807, 2.05) is 0 Å². The number of hydrogen-bond acceptors (Lipinski definition) is 8. The maximum atomic E-state index is 12.9. The van der Waals surface area contributed by atoms with Crippen molar-refractivity contribution in [2.45, 2.75) is 94.4 Å². The van der Waals surface area contributed by atoms with Crippen LogP contribution in [0.1, 0.15) is 77.0 Å². The fourth-order valence-electron chi connectivity index (χ4n) is 5.18. The van der Waals surface area contributed by atoms with Crippen LogP contribution in [-0.2, 0) is 28.8 Å². The second-order valence-electron chi connectivity index (χ2n) is 10.1. The van der Waals surface area contributed by atoms with Crippen LogP contribution in [0, 0.1) is 5.92 Å². The van der Waals surface area contributed by atoms with E-state index >= 15 is 0 Å². The number of Topliss-reactive ketones (excluding diaryl/α,β-unsaturated/α-hetero) is 1. The lowest BCUT2D eigenvalue weighted by atomic mass is 9.93. The predicted molar refractivity (Wildman–Crippen MR) is 138 cm³/mol. The van der Waals surface area contributed by atoms with Gasteiger partial charge < -0.3 is 20.8 Å². The molecule has 3 aliphatic rings. The van der Waals surface area contributed by atoms with Crippen LogP contribution in [0.2, 0.25) is 0 Å². The molecule has 0 aromatic rings. The first kappa shape index (κ1) is 30.4. The Morgan fingerprint density at radius 3 is 2.23 bits per heavy atom. The van der Waals surface area contributed by atoms with Crippen molar-refractivity contribution < 1.29 is 43.8 Å². The van der Waals surface area contributed by atoms with E-state index in [4.69, 9.17) is 5.11 Å². The average Bonchev–Trinajstić information content (AvgIpc) is 3.53. The SMILES string of the molecule is O=C(O)CCCCCCC(=O)N(CCC(=O)C(CCC[C@@H]1SC[C@@H]2NC(=O)N[C@@H]21)C(=O)O)N1C(=O)CCC1=O. The number of hydrogen-bond donors (Lipinski definition) is 4. The van der Waals surface area contributed by atoms with E-state index in [1.54, 1.807) is 11.8 Å². The fourth-order valence-corrected chi connectivity index (χ4v) is 6.73. The normalized spacial score (nSPS) is 22.8. The summed E-state index contributed by atoms with van der Waals surface area (Å²) in [6, 6.07) is -0.177. The van der Waals surface area contributed by atoms with Gasteiger partial charge in [0.1, 0.15) is 11.7 Å². The molecule has 0 radical (unpaired) electrons. The largest absolute Gasteiger partial charge is 0.481 e. The van der Waals surface area contributed by atoms with E-state index in [-0.39, 0.29) is 68.4 Å². The third kappa shape index (κ3) is 8.41.